The maximum absolute atomic E-state index is 11.6. The fourth-order valence-corrected chi connectivity index (χ4v) is 2.10. The van der Waals surface area contributed by atoms with Crippen molar-refractivity contribution in [1.82, 2.24) is 15.1 Å². The lowest BCUT2D eigenvalue weighted by Crippen LogP contribution is -2.39. The van der Waals surface area contributed by atoms with E-state index in [1.165, 1.54) is 7.05 Å². The molecule has 4 amide bonds. The van der Waals surface area contributed by atoms with Gasteiger partial charge in [-0.2, -0.15) is 0 Å². The van der Waals surface area contributed by atoms with Crippen molar-refractivity contribution in [2.24, 2.45) is 5.92 Å². The molecule has 1 N–H and O–H groups in total. The number of imide groups is 2. The van der Waals surface area contributed by atoms with Gasteiger partial charge in [0.15, 0.2) is 0 Å². The molecule has 2 heterocycles. The smallest absolute Gasteiger partial charge is 0.317 e. The van der Waals surface area contributed by atoms with E-state index in [4.69, 9.17) is 0 Å². The SMILES string of the molecule is CN1C(=O)C(=O)N(CC2CCNCC2)C1=O. The number of hydrogen-bond donors (Lipinski definition) is 1. The lowest BCUT2D eigenvalue weighted by Gasteiger charge is -2.25. The highest BCUT2D eigenvalue weighted by molar-refractivity contribution is 6.44. The zero-order valence-electron chi connectivity index (χ0n) is 9.23. The molecule has 0 saturated carbocycles. The van der Waals surface area contributed by atoms with Crippen LogP contribution in [0.4, 0.5) is 4.79 Å². The third-order valence-corrected chi connectivity index (χ3v) is 3.15. The third kappa shape index (κ3) is 1.80. The van der Waals surface area contributed by atoms with Crippen molar-refractivity contribution >= 4 is 17.8 Å². The minimum atomic E-state index is -0.723. The maximum atomic E-state index is 11.6. The predicted molar refractivity (Wildman–Crippen MR) is 55.5 cm³/mol. The Kier molecular flexibility index (Phi) is 2.91. The van der Waals surface area contributed by atoms with Gasteiger partial charge in [0, 0.05) is 13.6 Å². The summed E-state index contributed by atoms with van der Waals surface area (Å²) in [5, 5.41) is 3.21. The molecule has 0 aromatic rings. The Morgan fingerprint density at radius 2 is 1.81 bits per heavy atom. The van der Waals surface area contributed by atoms with Crippen LogP contribution < -0.4 is 5.32 Å². The Balaban J connectivity index is 2.01. The van der Waals surface area contributed by atoms with Gasteiger partial charge in [0.2, 0.25) is 0 Å². The first-order valence-corrected chi connectivity index (χ1v) is 5.45. The summed E-state index contributed by atoms with van der Waals surface area (Å²) in [7, 11) is 1.34. The molecular weight excluding hydrogens is 210 g/mol. The summed E-state index contributed by atoms with van der Waals surface area (Å²) in [5.74, 6) is -1.10. The topological polar surface area (TPSA) is 69.7 Å². The minimum Gasteiger partial charge on any atom is -0.317 e. The summed E-state index contributed by atoms with van der Waals surface area (Å²) in [6.45, 7) is 2.19. The van der Waals surface area contributed by atoms with Gasteiger partial charge < -0.3 is 5.32 Å². The second-order valence-electron chi connectivity index (χ2n) is 4.26. The Morgan fingerprint density at radius 1 is 1.19 bits per heavy atom. The zero-order chi connectivity index (χ0) is 11.7. The number of nitrogens with zero attached hydrogens (tertiary/aromatic N) is 2. The fraction of sp³-hybridized carbons (Fsp3) is 0.700. The van der Waals surface area contributed by atoms with Crippen LogP contribution >= 0.6 is 0 Å². The van der Waals surface area contributed by atoms with Gasteiger partial charge in [0.25, 0.3) is 0 Å². The minimum absolute atomic E-state index is 0.313. The van der Waals surface area contributed by atoms with E-state index >= 15 is 0 Å². The zero-order valence-corrected chi connectivity index (χ0v) is 9.23. The standard InChI is InChI=1S/C10H15N3O3/c1-12-8(14)9(15)13(10(12)16)6-7-2-4-11-5-3-7/h7,11H,2-6H2,1H3. The Bertz CT molecular complexity index is 336. The normalized spacial score (nSPS) is 23.4. The quantitative estimate of drug-likeness (QED) is 0.503. The van der Waals surface area contributed by atoms with Crippen molar-refractivity contribution in [3.05, 3.63) is 0 Å². The van der Waals surface area contributed by atoms with Crippen molar-refractivity contribution in [3.63, 3.8) is 0 Å². The second-order valence-corrected chi connectivity index (χ2v) is 4.26. The van der Waals surface area contributed by atoms with E-state index in [-0.39, 0.29) is 0 Å². The van der Waals surface area contributed by atoms with Crippen LogP contribution in [-0.4, -0.2) is 54.3 Å². The number of nitrogens with one attached hydrogen (secondary N) is 1. The molecule has 2 saturated heterocycles. The summed E-state index contributed by atoms with van der Waals surface area (Å²) in [6, 6.07) is -0.492. The molecule has 0 aliphatic carbocycles. The van der Waals surface area contributed by atoms with E-state index in [1.54, 1.807) is 0 Å². The number of carbonyl (C=O) groups is 3. The molecule has 0 spiro atoms. The average molecular weight is 225 g/mol. The molecule has 6 heteroatoms. The molecule has 0 radical (unpaired) electrons. The van der Waals surface area contributed by atoms with Gasteiger partial charge in [-0.05, 0) is 31.8 Å². The lowest BCUT2D eigenvalue weighted by atomic mass is 9.98. The van der Waals surface area contributed by atoms with Crippen molar-refractivity contribution < 1.29 is 14.4 Å². The molecule has 0 aromatic carbocycles. The van der Waals surface area contributed by atoms with Gasteiger partial charge in [-0.25, -0.2) is 4.79 Å². The van der Waals surface area contributed by atoms with Gasteiger partial charge >= 0.3 is 17.8 Å². The molecule has 6 nitrogen and oxygen atoms in total. The Hall–Kier alpha value is -1.43. The van der Waals surface area contributed by atoms with Crippen molar-refractivity contribution in [3.8, 4) is 0 Å². The van der Waals surface area contributed by atoms with Crippen molar-refractivity contribution in [1.29, 1.82) is 0 Å². The fourth-order valence-electron chi connectivity index (χ4n) is 2.10. The van der Waals surface area contributed by atoms with Crippen LogP contribution in [0.5, 0.6) is 0 Å². The van der Waals surface area contributed by atoms with E-state index in [9.17, 15) is 14.4 Å². The number of amides is 4. The lowest BCUT2D eigenvalue weighted by molar-refractivity contribution is -0.143. The monoisotopic (exact) mass is 225 g/mol. The van der Waals surface area contributed by atoms with Gasteiger partial charge in [-0.3, -0.25) is 19.4 Å². The van der Waals surface area contributed by atoms with E-state index in [1.807, 2.05) is 0 Å². The van der Waals surface area contributed by atoms with E-state index in [0.717, 1.165) is 35.7 Å². The third-order valence-electron chi connectivity index (χ3n) is 3.15. The molecule has 2 rings (SSSR count). The molecule has 2 aliphatic heterocycles. The molecule has 0 aromatic heterocycles. The van der Waals surface area contributed by atoms with Crippen LogP contribution in [0.25, 0.3) is 0 Å². The van der Waals surface area contributed by atoms with Crippen molar-refractivity contribution in [2.75, 3.05) is 26.7 Å². The van der Waals surface area contributed by atoms with Crippen LogP contribution in [0.3, 0.4) is 0 Å². The molecule has 88 valence electrons. The van der Waals surface area contributed by atoms with Gasteiger partial charge in [0.1, 0.15) is 0 Å². The molecular formula is C10H15N3O3. The highest BCUT2D eigenvalue weighted by atomic mass is 16.2. The molecule has 0 bridgehead atoms. The molecule has 0 atom stereocenters. The number of urea groups is 1. The predicted octanol–water partition coefficient (Wildman–Crippen LogP) is -0.593. The summed E-state index contributed by atoms with van der Waals surface area (Å²) in [6.07, 6.45) is 1.88. The number of hydrogen-bond acceptors (Lipinski definition) is 4. The summed E-state index contributed by atoms with van der Waals surface area (Å²) in [5.41, 5.74) is 0. The van der Waals surface area contributed by atoms with E-state index in [2.05, 4.69) is 5.32 Å². The summed E-state index contributed by atoms with van der Waals surface area (Å²) >= 11 is 0. The first-order valence-electron chi connectivity index (χ1n) is 5.45. The van der Waals surface area contributed by atoms with Crippen LogP contribution in [0, 0.1) is 5.92 Å². The van der Waals surface area contributed by atoms with Gasteiger partial charge in [-0.1, -0.05) is 0 Å². The summed E-state index contributed by atoms with van der Waals surface area (Å²) < 4.78 is 0. The number of piperidine rings is 1. The van der Waals surface area contributed by atoms with Gasteiger partial charge in [-0.15, -0.1) is 0 Å². The molecule has 0 unspecified atom stereocenters. The van der Waals surface area contributed by atoms with Crippen LogP contribution in [-0.2, 0) is 9.59 Å². The molecule has 16 heavy (non-hydrogen) atoms. The van der Waals surface area contributed by atoms with Crippen molar-refractivity contribution in [2.45, 2.75) is 12.8 Å². The average Bonchev–Trinajstić information content (AvgIpc) is 2.48. The molecule has 2 aliphatic rings. The first-order chi connectivity index (χ1) is 7.61. The van der Waals surface area contributed by atoms with E-state index < -0.39 is 17.8 Å². The Morgan fingerprint density at radius 3 is 2.31 bits per heavy atom. The maximum Gasteiger partial charge on any atom is 0.333 e. The van der Waals surface area contributed by atoms with Crippen LogP contribution in [0.15, 0.2) is 0 Å². The Labute approximate surface area is 93.6 Å². The second kappa shape index (κ2) is 4.21. The molecule has 2 fully saturated rings. The highest BCUT2D eigenvalue weighted by Crippen LogP contribution is 2.17. The largest absolute Gasteiger partial charge is 0.333 e. The summed E-state index contributed by atoms with van der Waals surface area (Å²) in [4.78, 5) is 36.3. The number of carbonyl (C=O) groups excluding carboxylic acids is 3. The highest BCUT2D eigenvalue weighted by Gasteiger charge is 2.42. The van der Waals surface area contributed by atoms with Crippen LogP contribution in [0.2, 0.25) is 0 Å². The number of rotatable bonds is 2. The van der Waals surface area contributed by atoms with Crippen LogP contribution in [0.1, 0.15) is 12.8 Å². The first kappa shape index (κ1) is 11.1. The number of likely N-dealkylation sites (N-methyl/N-ethyl adjacent to an activating group) is 1. The van der Waals surface area contributed by atoms with E-state index in [0.29, 0.717) is 12.5 Å². The van der Waals surface area contributed by atoms with Gasteiger partial charge in [0.05, 0.1) is 0 Å².